The number of rotatable bonds is 9. The average molecular weight is 368 g/mol. The van der Waals surface area contributed by atoms with Crippen LogP contribution in [0, 0.1) is 0 Å². The van der Waals surface area contributed by atoms with Gasteiger partial charge in [-0.15, -0.1) is 0 Å². The largest absolute Gasteiger partial charge is 0.385 e. The molecular formula is C19H33N3O2S. The Bertz CT molecular complexity index is 485. The molecule has 0 bridgehead atoms. The fourth-order valence-corrected chi connectivity index (χ4v) is 3.78. The van der Waals surface area contributed by atoms with Crippen LogP contribution >= 0.6 is 11.3 Å². The van der Waals surface area contributed by atoms with E-state index in [0.717, 1.165) is 64.6 Å². The van der Waals surface area contributed by atoms with E-state index in [4.69, 9.17) is 14.5 Å². The predicted octanol–water partition coefficient (Wildman–Crippen LogP) is 3.33. The van der Waals surface area contributed by atoms with Gasteiger partial charge in [-0.05, 0) is 48.6 Å². The van der Waals surface area contributed by atoms with Crippen molar-refractivity contribution in [3.05, 3.63) is 22.4 Å². The number of likely N-dealkylation sites (tertiary alicyclic amines) is 1. The summed E-state index contributed by atoms with van der Waals surface area (Å²) < 4.78 is 11.0. The minimum Gasteiger partial charge on any atom is -0.385 e. The molecule has 0 amide bonds. The van der Waals surface area contributed by atoms with Gasteiger partial charge in [-0.3, -0.25) is 4.99 Å². The van der Waals surface area contributed by atoms with E-state index in [2.05, 4.69) is 40.9 Å². The van der Waals surface area contributed by atoms with E-state index in [1.54, 1.807) is 18.4 Å². The Morgan fingerprint density at radius 2 is 2.20 bits per heavy atom. The van der Waals surface area contributed by atoms with Crippen LogP contribution in [0.4, 0.5) is 0 Å². The molecule has 1 fully saturated rings. The summed E-state index contributed by atoms with van der Waals surface area (Å²) in [6.07, 6.45) is 3.48. The molecule has 1 N–H and O–H groups in total. The Morgan fingerprint density at radius 3 is 2.84 bits per heavy atom. The van der Waals surface area contributed by atoms with Crippen molar-refractivity contribution in [2.75, 3.05) is 46.5 Å². The highest BCUT2D eigenvalue weighted by molar-refractivity contribution is 7.07. The fourth-order valence-electron chi connectivity index (χ4n) is 3.00. The summed E-state index contributed by atoms with van der Waals surface area (Å²) in [6.45, 7) is 9.69. The second-order valence-corrected chi connectivity index (χ2v) is 7.34. The molecule has 0 radical (unpaired) electrons. The molecule has 5 nitrogen and oxygen atoms in total. The summed E-state index contributed by atoms with van der Waals surface area (Å²) in [7, 11) is 1.74. The zero-order chi connectivity index (χ0) is 17.9. The Balaban J connectivity index is 1.79. The quantitative estimate of drug-likeness (QED) is 0.413. The van der Waals surface area contributed by atoms with Gasteiger partial charge in [-0.2, -0.15) is 11.3 Å². The molecule has 1 aromatic heterocycles. The number of thiophene rings is 1. The summed E-state index contributed by atoms with van der Waals surface area (Å²) in [4.78, 5) is 7.26. The maximum Gasteiger partial charge on any atom is 0.193 e. The maximum atomic E-state index is 5.95. The highest BCUT2D eigenvalue weighted by Gasteiger charge is 2.22. The molecule has 2 heterocycles. The number of ether oxygens (including phenoxy) is 2. The van der Waals surface area contributed by atoms with Gasteiger partial charge >= 0.3 is 0 Å². The van der Waals surface area contributed by atoms with E-state index < -0.39 is 0 Å². The van der Waals surface area contributed by atoms with Gasteiger partial charge in [0.1, 0.15) is 0 Å². The summed E-state index contributed by atoms with van der Waals surface area (Å²) in [6, 6.07) is 2.20. The third kappa shape index (κ3) is 6.96. The van der Waals surface area contributed by atoms with Crippen molar-refractivity contribution in [1.29, 1.82) is 0 Å². The molecular weight excluding hydrogens is 334 g/mol. The van der Waals surface area contributed by atoms with Crippen molar-refractivity contribution < 1.29 is 9.47 Å². The van der Waals surface area contributed by atoms with Crippen LogP contribution in [0.5, 0.6) is 0 Å². The summed E-state index contributed by atoms with van der Waals surface area (Å²) in [5.41, 5.74) is 1.38. The lowest BCUT2D eigenvalue weighted by Gasteiger charge is -2.34. The lowest BCUT2D eigenvalue weighted by molar-refractivity contribution is 0.00990. The Kier molecular flexibility index (Phi) is 9.29. The van der Waals surface area contributed by atoms with Crippen molar-refractivity contribution >= 4 is 17.3 Å². The first-order valence-electron chi connectivity index (χ1n) is 9.40. The molecule has 0 aromatic carbocycles. The molecule has 0 spiro atoms. The molecule has 6 heteroatoms. The lowest BCUT2D eigenvalue weighted by atomic mass is 10.1. The molecule has 142 valence electrons. The summed E-state index contributed by atoms with van der Waals surface area (Å²) >= 11 is 1.75. The zero-order valence-corrected chi connectivity index (χ0v) is 16.7. The average Bonchev–Trinajstić information content (AvgIpc) is 3.17. The smallest absolute Gasteiger partial charge is 0.193 e. The van der Waals surface area contributed by atoms with E-state index in [1.807, 2.05) is 0 Å². The van der Waals surface area contributed by atoms with Crippen LogP contribution in [0.1, 0.15) is 44.6 Å². The van der Waals surface area contributed by atoms with Crippen LogP contribution in [0.2, 0.25) is 0 Å². The number of hydrogen-bond donors (Lipinski definition) is 1. The van der Waals surface area contributed by atoms with Gasteiger partial charge in [0.25, 0.3) is 0 Å². The van der Waals surface area contributed by atoms with Crippen molar-refractivity contribution in [3.63, 3.8) is 0 Å². The first-order valence-corrected chi connectivity index (χ1v) is 10.3. The fraction of sp³-hybridized carbons (Fsp3) is 0.737. The Hall–Kier alpha value is -1.11. The zero-order valence-electron chi connectivity index (χ0n) is 15.9. The Labute approximate surface area is 156 Å². The van der Waals surface area contributed by atoms with Crippen LogP contribution in [0.25, 0.3) is 0 Å². The van der Waals surface area contributed by atoms with E-state index in [1.165, 1.54) is 5.56 Å². The van der Waals surface area contributed by atoms with E-state index >= 15 is 0 Å². The van der Waals surface area contributed by atoms with Crippen LogP contribution in [0.15, 0.2) is 21.8 Å². The van der Waals surface area contributed by atoms with Crippen molar-refractivity contribution in [3.8, 4) is 0 Å². The molecule has 0 aliphatic carbocycles. The van der Waals surface area contributed by atoms with Gasteiger partial charge in [0, 0.05) is 52.4 Å². The number of guanidine groups is 1. The van der Waals surface area contributed by atoms with Crippen LogP contribution in [-0.4, -0.2) is 63.5 Å². The van der Waals surface area contributed by atoms with Gasteiger partial charge in [0.2, 0.25) is 0 Å². The Morgan fingerprint density at radius 1 is 1.40 bits per heavy atom. The van der Waals surface area contributed by atoms with Gasteiger partial charge in [-0.25, -0.2) is 0 Å². The maximum absolute atomic E-state index is 5.95. The lowest BCUT2D eigenvalue weighted by Crippen LogP contribution is -2.47. The predicted molar refractivity (Wildman–Crippen MR) is 106 cm³/mol. The third-order valence-electron chi connectivity index (χ3n) is 4.55. The highest BCUT2D eigenvalue weighted by atomic mass is 32.1. The number of piperidine rings is 1. The van der Waals surface area contributed by atoms with Gasteiger partial charge in [0.05, 0.1) is 6.10 Å². The van der Waals surface area contributed by atoms with Crippen LogP contribution in [0.3, 0.4) is 0 Å². The van der Waals surface area contributed by atoms with Crippen LogP contribution < -0.4 is 5.32 Å². The second-order valence-electron chi connectivity index (χ2n) is 6.56. The van der Waals surface area contributed by atoms with E-state index in [-0.39, 0.29) is 0 Å². The molecule has 1 atom stereocenters. The van der Waals surface area contributed by atoms with E-state index in [0.29, 0.717) is 12.0 Å². The molecule has 1 aromatic rings. The molecule has 25 heavy (non-hydrogen) atoms. The standard InChI is InChI=1S/C19H33N3O2S/c1-4-20-19(21-14-16(2)17-8-13-25-15-17)22-9-6-18(7-10-22)24-12-5-11-23-3/h8,13,15-16,18H,4-7,9-12,14H2,1-3H3,(H,20,21). The third-order valence-corrected chi connectivity index (χ3v) is 5.25. The molecule has 1 aliphatic heterocycles. The van der Waals surface area contributed by atoms with E-state index in [9.17, 15) is 0 Å². The second kappa shape index (κ2) is 11.5. The first kappa shape index (κ1) is 20.2. The molecule has 0 saturated carbocycles. The van der Waals surface area contributed by atoms with Crippen molar-refractivity contribution in [1.82, 2.24) is 10.2 Å². The van der Waals surface area contributed by atoms with Gasteiger partial charge in [0.15, 0.2) is 5.96 Å². The summed E-state index contributed by atoms with van der Waals surface area (Å²) in [5, 5.41) is 7.81. The van der Waals surface area contributed by atoms with Crippen LogP contribution in [-0.2, 0) is 9.47 Å². The minimum atomic E-state index is 0.376. The minimum absolute atomic E-state index is 0.376. The van der Waals surface area contributed by atoms with Gasteiger partial charge < -0.3 is 19.7 Å². The molecule has 1 unspecified atom stereocenters. The first-order chi connectivity index (χ1) is 12.2. The SMILES string of the molecule is CCNC(=NCC(C)c1ccsc1)N1CCC(OCCCOC)CC1. The van der Waals surface area contributed by atoms with Crippen molar-refractivity contribution in [2.24, 2.45) is 4.99 Å². The number of aliphatic imine (C=N–C) groups is 1. The highest BCUT2D eigenvalue weighted by Crippen LogP contribution is 2.19. The summed E-state index contributed by atoms with van der Waals surface area (Å²) in [5.74, 6) is 1.50. The number of methoxy groups -OCH3 is 1. The molecule has 2 rings (SSSR count). The van der Waals surface area contributed by atoms with Crippen molar-refractivity contribution in [2.45, 2.75) is 45.1 Å². The number of hydrogen-bond acceptors (Lipinski definition) is 4. The molecule has 1 saturated heterocycles. The normalized spacial score (nSPS) is 17.7. The molecule has 1 aliphatic rings. The topological polar surface area (TPSA) is 46.1 Å². The van der Waals surface area contributed by atoms with Gasteiger partial charge in [-0.1, -0.05) is 6.92 Å². The number of nitrogens with one attached hydrogen (secondary N) is 1. The monoisotopic (exact) mass is 367 g/mol. The number of nitrogens with zero attached hydrogens (tertiary/aromatic N) is 2.